The number of aromatic nitrogens is 2. The van der Waals surface area contributed by atoms with Crippen LogP contribution in [-0.2, 0) is 13.0 Å². The van der Waals surface area contributed by atoms with Crippen LogP contribution in [-0.4, -0.2) is 15.4 Å². The Balaban J connectivity index is 2.68. The Bertz CT molecular complexity index is 290. The first kappa shape index (κ1) is 9.77. The van der Waals surface area contributed by atoms with Gasteiger partial charge in [0, 0.05) is 31.3 Å². The van der Waals surface area contributed by atoms with E-state index in [1.54, 1.807) is 6.20 Å². The number of imidazole rings is 1. The van der Waals surface area contributed by atoms with E-state index in [-0.39, 0.29) is 11.8 Å². The maximum absolute atomic E-state index is 7.27. The Morgan fingerprint density at radius 1 is 1.77 bits per heavy atom. The lowest BCUT2D eigenvalue weighted by Crippen LogP contribution is -2.24. The highest BCUT2D eigenvalue weighted by Gasteiger charge is 2.08. The highest BCUT2D eigenvalue weighted by molar-refractivity contribution is 5.79. The standard InChI is InChI=1S/C9H16N4/c1-3-8-12-4-5-13(8)6-7(2)9(10)11/h4-5,7H,3,6H2,1-2H3,(H3,10,11). The van der Waals surface area contributed by atoms with Gasteiger partial charge in [0.1, 0.15) is 5.82 Å². The lowest BCUT2D eigenvalue weighted by Gasteiger charge is -2.11. The first-order chi connectivity index (χ1) is 6.15. The Labute approximate surface area is 78.3 Å². The van der Waals surface area contributed by atoms with Crippen LogP contribution in [0.25, 0.3) is 0 Å². The number of hydrogen-bond donors (Lipinski definition) is 2. The van der Waals surface area contributed by atoms with Gasteiger partial charge in [0.25, 0.3) is 0 Å². The molecule has 0 aliphatic carbocycles. The molecule has 72 valence electrons. The van der Waals surface area contributed by atoms with E-state index in [2.05, 4.69) is 11.9 Å². The summed E-state index contributed by atoms with van der Waals surface area (Å²) in [5.74, 6) is 1.36. The Morgan fingerprint density at radius 2 is 2.46 bits per heavy atom. The van der Waals surface area contributed by atoms with Gasteiger partial charge >= 0.3 is 0 Å². The molecule has 0 spiro atoms. The van der Waals surface area contributed by atoms with Crippen LogP contribution in [0.15, 0.2) is 12.4 Å². The van der Waals surface area contributed by atoms with Crippen LogP contribution in [0.5, 0.6) is 0 Å². The summed E-state index contributed by atoms with van der Waals surface area (Å²) in [4.78, 5) is 4.20. The van der Waals surface area contributed by atoms with Crippen molar-refractivity contribution in [1.29, 1.82) is 5.41 Å². The molecule has 4 nitrogen and oxygen atoms in total. The maximum atomic E-state index is 7.27. The van der Waals surface area contributed by atoms with Crippen molar-refractivity contribution in [2.45, 2.75) is 26.8 Å². The molecule has 1 rings (SSSR count). The summed E-state index contributed by atoms with van der Waals surface area (Å²) in [7, 11) is 0. The number of amidine groups is 1. The van der Waals surface area contributed by atoms with E-state index in [4.69, 9.17) is 11.1 Å². The quantitative estimate of drug-likeness (QED) is 0.536. The van der Waals surface area contributed by atoms with E-state index < -0.39 is 0 Å². The summed E-state index contributed by atoms with van der Waals surface area (Å²) < 4.78 is 2.05. The van der Waals surface area contributed by atoms with E-state index in [9.17, 15) is 0 Å². The molecule has 0 aromatic carbocycles. The van der Waals surface area contributed by atoms with Crippen LogP contribution < -0.4 is 5.73 Å². The number of nitrogens with one attached hydrogen (secondary N) is 1. The van der Waals surface area contributed by atoms with Crippen molar-refractivity contribution >= 4 is 5.84 Å². The first-order valence-electron chi connectivity index (χ1n) is 4.49. The molecule has 4 heteroatoms. The molecule has 0 saturated heterocycles. The molecule has 0 bridgehead atoms. The molecule has 0 aliphatic rings. The van der Waals surface area contributed by atoms with Crippen molar-refractivity contribution < 1.29 is 0 Å². The average molecular weight is 180 g/mol. The SMILES string of the molecule is CCc1nccn1CC(C)C(=N)N. The van der Waals surface area contributed by atoms with E-state index in [0.717, 1.165) is 18.8 Å². The van der Waals surface area contributed by atoms with Crippen molar-refractivity contribution in [3.63, 3.8) is 0 Å². The Kier molecular flexibility index (Phi) is 3.06. The fourth-order valence-electron chi connectivity index (χ4n) is 1.21. The topological polar surface area (TPSA) is 67.7 Å². The van der Waals surface area contributed by atoms with E-state index in [1.807, 2.05) is 17.7 Å². The van der Waals surface area contributed by atoms with Gasteiger partial charge in [-0.05, 0) is 0 Å². The normalized spacial score (nSPS) is 12.8. The first-order valence-corrected chi connectivity index (χ1v) is 4.49. The van der Waals surface area contributed by atoms with Gasteiger partial charge in [-0.25, -0.2) is 4.98 Å². The number of nitrogens with two attached hydrogens (primary N) is 1. The summed E-state index contributed by atoms with van der Waals surface area (Å²) in [6.07, 6.45) is 4.63. The van der Waals surface area contributed by atoms with Crippen molar-refractivity contribution in [3.05, 3.63) is 18.2 Å². The monoisotopic (exact) mass is 180 g/mol. The predicted molar refractivity (Wildman–Crippen MR) is 52.7 cm³/mol. The van der Waals surface area contributed by atoms with E-state index >= 15 is 0 Å². The minimum absolute atomic E-state index is 0.0829. The highest BCUT2D eigenvalue weighted by Crippen LogP contribution is 2.04. The van der Waals surface area contributed by atoms with Gasteiger partial charge in [-0.1, -0.05) is 13.8 Å². The van der Waals surface area contributed by atoms with Gasteiger partial charge in [-0.3, -0.25) is 5.41 Å². The summed E-state index contributed by atoms with van der Waals surface area (Å²) in [6, 6.07) is 0. The molecule has 1 heterocycles. The minimum Gasteiger partial charge on any atom is -0.387 e. The molecular formula is C9H16N4. The Morgan fingerprint density at radius 3 is 3.00 bits per heavy atom. The predicted octanol–water partition coefficient (Wildman–Crippen LogP) is 1.02. The number of aryl methyl sites for hydroxylation is 1. The largest absolute Gasteiger partial charge is 0.387 e. The number of nitrogens with zero attached hydrogens (tertiary/aromatic N) is 2. The van der Waals surface area contributed by atoms with Gasteiger partial charge < -0.3 is 10.3 Å². The number of hydrogen-bond acceptors (Lipinski definition) is 2. The zero-order valence-electron chi connectivity index (χ0n) is 8.12. The fourth-order valence-corrected chi connectivity index (χ4v) is 1.21. The van der Waals surface area contributed by atoms with Crippen LogP contribution in [0.3, 0.4) is 0 Å². The highest BCUT2D eigenvalue weighted by atomic mass is 15.1. The second kappa shape index (κ2) is 4.07. The van der Waals surface area contributed by atoms with Crippen molar-refractivity contribution in [3.8, 4) is 0 Å². The van der Waals surface area contributed by atoms with Gasteiger partial charge in [0.15, 0.2) is 0 Å². The lowest BCUT2D eigenvalue weighted by molar-refractivity contribution is 0.569. The molecule has 0 saturated carbocycles. The third kappa shape index (κ3) is 2.31. The van der Waals surface area contributed by atoms with Crippen molar-refractivity contribution in [2.75, 3.05) is 0 Å². The van der Waals surface area contributed by atoms with E-state index in [1.165, 1.54) is 0 Å². The molecule has 3 N–H and O–H groups in total. The lowest BCUT2D eigenvalue weighted by atomic mass is 10.1. The van der Waals surface area contributed by atoms with Crippen LogP contribution in [0.1, 0.15) is 19.7 Å². The molecule has 0 aliphatic heterocycles. The van der Waals surface area contributed by atoms with Crippen molar-refractivity contribution in [1.82, 2.24) is 9.55 Å². The summed E-state index contributed by atoms with van der Waals surface area (Å²) in [5.41, 5.74) is 5.39. The molecule has 0 fully saturated rings. The average Bonchev–Trinajstić information content (AvgIpc) is 2.51. The molecule has 13 heavy (non-hydrogen) atoms. The summed E-state index contributed by atoms with van der Waals surface area (Å²) in [6.45, 7) is 4.76. The van der Waals surface area contributed by atoms with Gasteiger partial charge in [-0.15, -0.1) is 0 Å². The molecule has 1 unspecified atom stereocenters. The van der Waals surface area contributed by atoms with Gasteiger partial charge in [0.2, 0.25) is 0 Å². The minimum atomic E-state index is 0.0829. The molecule has 1 atom stereocenters. The number of rotatable bonds is 4. The van der Waals surface area contributed by atoms with E-state index in [0.29, 0.717) is 0 Å². The summed E-state index contributed by atoms with van der Waals surface area (Å²) >= 11 is 0. The fraction of sp³-hybridized carbons (Fsp3) is 0.556. The third-order valence-corrected chi connectivity index (χ3v) is 2.12. The smallest absolute Gasteiger partial charge is 0.108 e. The molecule has 0 radical (unpaired) electrons. The zero-order valence-corrected chi connectivity index (χ0v) is 8.12. The van der Waals surface area contributed by atoms with Crippen LogP contribution in [0.4, 0.5) is 0 Å². The second-order valence-corrected chi connectivity index (χ2v) is 3.21. The van der Waals surface area contributed by atoms with Gasteiger partial charge in [-0.2, -0.15) is 0 Å². The van der Waals surface area contributed by atoms with Crippen molar-refractivity contribution in [2.24, 2.45) is 11.7 Å². The maximum Gasteiger partial charge on any atom is 0.108 e. The molecular weight excluding hydrogens is 164 g/mol. The molecule has 1 aromatic rings. The van der Waals surface area contributed by atoms with Crippen LogP contribution >= 0.6 is 0 Å². The van der Waals surface area contributed by atoms with Crippen LogP contribution in [0, 0.1) is 11.3 Å². The third-order valence-electron chi connectivity index (χ3n) is 2.12. The molecule has 1 aromatic heterocycles. The molecule has 0 amide bonds. The second-order valence-electron chi connectivity index (χ2n) is 3.21. The van der Waals surface area contributed by atoms with Crippen LogP contribution in [0.2, 0.25) is 0 Å². The van der Waals surface area contributed by atoms with Gasteiger partial charge in [0.05, 0.1) is 5.84 Å². The Hall–Kier alpha value is -1.32. The zero-order chi connectivity index (χ0) is 9.84. The summed E-state index contributed by atoms with van der Waals surface area (Å²) in [5, 5.41) is 7.27.